The third-order valence-electron chi connectivity index (χ3n) is 3.92. The molecule has 0 amide bonds. The minimum absolute atomic E-state index is 0. The van der Waals surface area contributed by atoms with Gasteiger partial charge in [0.2, 0.25) is 0 Å². The van der Waals surface area contributed by atoms with E-state index in [9.17, 15) is 10.2 Å². The van der Waals surface area contributed by atoms with E-state index in [4.69, 9.17) is 29.9 Å². The molecule has 34 heavy (non-hydrogen) atoms. The molecule has 2 aromatic carbocycles. The van der Waals surface area contributed by atoms with Crippen molar-refractivity contribution in [3.05, 3.63) is 62.8 Å². The molecule has 0 radical (unpaired) electrons. The normalized spacial score (nSPS) is 9.06. The number of para-hydroxylation sites is 2. The predicted molar refractivity (Wildman–Crippen MR) is 123 cm³/mol. The van der Waals surface area contributed by atoms with Crippen LogP contribution in [0.2, 0.25) is 0 Å². The zero-order chi connectivity index (χ0) is 24.4. The maximum absolute atomic E-state index is 12.0. The molecular weight excluding hydrogens is 497 g/mol. The molecule has 13 heteroatoms. The molecule has 0 spiro atoms. The molecule has 12 nitrogen and oxygen atoms in total. The number of hydrogen-bond donors (Lipinski definition) is 4. The minimum Gasteiger partial charge on any atom is -0.870 e. The number of hydrogen-bond acceptors (Lipinski definition) is 10. The second-order valence-electron chi connectivity index (χ2n) is 6.16. The zero-order valence-electron chi connectivity index (χ0n) is 19.4. The molecule has 2 aromatic rings. The van der Waals surface area contributed by atoms with Crippen LogP contribution < -0.4 is 25.2 Å². The Labute approximate surface area is 208 Å². The molecule has 0 unspecified atom stereocenters. The predicted octanol–water partition coefficient (Wildman–Crippen LogP) is 0.588. The summed E-state index contributed by atoms with van der Waals surface area (Å²) in [5.74, 6) is 0.965. The molecule has 0 aliphatic rings. The van der Waals surface area contributed by atoms with Crippen molar-refractivity contribution in [2.75, 3.05) is 33.9 Å². The van der Waals surface area contributed by atoms with Gasteiger partial charge in [-0.15, -0.1) is 0 Å². The van der Waals surface area contributed by atoms with Crippen molar-refractivity contribution < 1.29 is 51.8 Å². The molecule has 0 saturated heterocycles. The van der Waals surface area contributed by atoms with Crippen LogP contribution in [-0.4, -0.2) is 49.2 Å². The standard InChI is InChI=1S/C19H26N2O4.C2H6O.NO3.Ni.H2O/c1-24-16-8-3-6-14(18(16)22)12-20-10-5-11-21-13-15-7-4-9-17(25-2)19(15)23;1-2-3;2-1(3)4;;/h3-4,6-9,20-23H,5,10-13H2,1-2H3;3H,2H2,1H3;;;1H2/q;;-1;+2;. The van der Waals surface area contributed by atoms with Crippen molar-refractivity contribution >= 4 is 0 Å². The first-order valence-corrected chi connectivity index (χ1v) is 9.83. The van der Waals surface area contributed by atoms with E-state index >= 15 is 0 Å². The van der Waals surface area contributed by atoms with E-state index in [1.807, 2.05) is 24.3 Å². The monoisotopic (exact) mass is 530 g/mol. The van der Waals surface area contributed by atoms with Gasteiger partial charge in [-0.25, -0.2) is 0 Å². The van der Waals surface area contributed by atoms with Crippen molar-refractivity contribution in [2.24, 2.45) is 0 Å². The van der Waals surface area contributed by atoms with Crippen LogP contribution in [-0.2, 0) is 35.1 Å². The number of phenols is 1. The van der Waals surface area contributed by atoms with Gasteiger partial charge in [0.15, 0.2) is 11.5 Å². The van der Waals surface area contributed by atoms with E-state index in [2.05, 4.69) is 10.6 Å². The second-order valence-corrected chi connectivity index (χ2v) is 6.16. The van der Waals surface area contributed by atoms with Crippen LogP contribution in [0.15, 0.2) is 36.4 Å². The number of aliphatic hydroxyl groups excluding tert-OH is 1. The van der Waals surface area contributed by atoms with E-state index in [0.717, 1.165) is 25.1 Å². The summed E-state index contributed by atoms with van der Waals surface area (Å²) in [5, 5.41) is 50.9. The first-order valence-electron chi connectivity index (χ1n) is 9.83. The number of aromatic hydroxyl groups is 1. The van der Waals surface area contributed by atoms with Crippen LogP contribution in [0.3, 0.4) is 0 Å². The number of aliphatic hydroxyl groups is 1. The summed E-state index contributed by atoms with van der Waals surface area (Å²) in [6.45, 7) is 4.61. The van der Waals surface area contributed by atoms with E-state index in [0.29, 0.717) is 30.2 Å². The molecule has 0 aliphatic carbocycles. The zero-order valence-corrected chi connectivity index (χ0v) is 20.4. The van der Waals surface area contributed by atoms with Crippen molar-refractivity contribution in [1.29, 1.82) is 0 Å². The van der Waals surface area contributed by atoms with Crippen molar-refractivity contribution in [3.8, 4) is 23.0 Å². The first kappa shape index (κ1) is 35.8. The van der Waals surface area contributed by atoms with Gasteiger partial charge in [0.25, 0.3) is 0 Å². The van der Waals surface area contributed by atoms with Crippen molar-refractivity contribution in [3.63, 3.8) is 0 Å². The number of methoxy groups -OCH3 is 2. The molecule has 0 bridgehead atoms. The topological polar surface area (TPSA) is 205 Å². The number of phenolic OH excluding ortho intramolecular Hbond substituents is 1. The summed E-state index contributed by atoms with van der Waals surface area (Å²) in [5.41, 5.74) is 1.51. The van der Waals surface area contributed by atoms with Crippen LogP contribution in [0.4, 0.5) is 0 Å². The number of nitrogens with zero attached hydrogens (tertiary/aromatic N) is 1. The molecule has 0 saturated carbocycles. The Morgan fingerprint density at radius 2 is 1.35 bits per heavy atom. The van der Waals surface area contributed by atoms with Gasteiger partial charge in [-0.1, -0.05) is 30.0 Å². The SMILES string of the molecule is CCO.COc1cccc(CNCCCNCc2cccc(OC)c2O)c1[O-].O=[N+]([O-])[O-].[Ni+2].[OH3+]. The fourth-order valence-electron chi connectivity index (χ4n) is 2.52. The number of benzene rings is 2. The Kier molecular flexibility index (Phi) is 23.1. The molecule has 0 atom stereocenters. The third kappa shape index (κ3) is 15.1. The van der Waals surface area contributed by atoms with Gasteiger partial charge >= 0.3 is 16.5 Å². The maximum atomic E-state index is 12.0. The Hall–Kier alpha value is -2.83. The largest absolute Gasteiger partial charge is 2.00 e. The van der Waals surface area contributed by atoms with Crippen LogP contribution in [0.5, 0.6) is 23.0 Å². The van der Waals surface area contributed by atoms with Gasteiger partial charge in [-0.2, -0.15) is 0 Å². The summed E-state index contributed by atoms with van der Waals surface area (Å²) in [7, 11) is 3.04. The Morgan fingerprint density at radius 3 is 1.82 bits per heavy atom. The van der Waals surface area contributed by atoms with Gasteiger partial charge in [-0.05, 0) is 44.1 Å². The molecule has 0 aromatic heterocycles. The van der Waals surface area contributed by atoms with E-state index in [-0.39, 0.29) is 40.1 Å². The van der Waals surface area contributed by atoms with Gasteiger partial charge in [0.1, 0.15) is 5.75 Å². The summed E-state index contributed by atoms with van der Waals surface area (Å²) >= 11 is 0. The van der Waals surface area contributed by atoms with Gasteiger partial charge in [0.05, 0.1) is 19.3 Å². The minimum atomic E-state index is -1.75. The molecule has 0 aliphatic heterocycles. The smallest absolute Gasteiger partial charge is 0.870 e. The average Bonchev–Trinajstić information content (AvgIpc) is 2.75. The second kappa shape index (κ2) is 22.0. The molecule has 2 rings (SSSR count). The molecular formula is C21H34N3NiO9+. The van der Waals surface area contributed by atoms with E-state index in [1.54, 1.807) is 19.1 Å². The first-order chi connectivity index (χ1) is 15.3. The van der Waals surface area contributed by atoms with Crippen LogP contribution in [0.25, 0.3) is 0 Å². The number of nitrogens with one attached hydrogen (secondary N) is 2. The Morgan fingerprint density at radius 1 is 0.941 bits per heavy atom. The average molecular weight is 531 g/mol. The summed E-state index contributed by atoms with van der Waals surface area (Å²) in [4.78, 5) is 8.25. The Balaban J connectivity index is -0.000000947. The molecule has 7 N–H and O–H groups in total. The maximum Gasteiger partial charge on any atom is 2.00 e. The van der Waals surface area contributed by atoms with Gasteiger partial charge < -0.3 is 56.2 Å². The quantitative estimate of drug-likeness (QED) is 0.110. The van der Waals surface area contributed by atoms with Crippen LogP contribution in [0, 0.1) is 15.3 Å². The summed E-state index contributed by atoms with van der Waals surface area (Å²) < 4.78 is 10.1. The molecule has 0 heterocycles. The number of ether oxygens (including phenoxy) is 2. The van der Waals surface area contributed by atoms with Gasteiger partial charge in [-0.3, -0.25) is 0 Å². The molecule has 0 fully saturated rings. The van der Waals surface area contributed by atoms with E-state index < -0.39 is 5.09 Å². The molecule has 196 valence electrons. The van der Waals surface area contributed by atoms with Crippen LogP contribution in [0.1, 0.15) is 24.5 Å². The fourth-order valence-corrected chi connectivity index (χ4v) is 2.52. The van der Waals surface area contributed by atoms with E-state index in [1.165, 1.54) is 14.2 Å². The third-order valence-corrected chi connectivity index (χ3v) is 3.92. The summed E-state index contributed by atoms with van der Waals surface area (Å²) in [6, 6.07) is 10.7. The van der Waals surface area contributed by atoms with Crippen molar-refractivity contribution in [2.45, 2.75) is 26.4 Å². The number of rotatable bonds is 10. The Bertz CT molecular complexity index is 737. The van der Waals surface area contributed by atoms with Gasteiger partial charge in [0, 0.05) is 25.3 Å². The van der Waals surface area contributed by atoms with Crippen molar-refractivity contribution in [1.82, 2.24) is 10.6 Å². The fraction of sp³-hybridized carbons (Fsp3) is 0.429. The van der Waals surface area contributed by atoms with Crippen LogP contribution >= 0.6 is 0 Å². The summed E-state index contributed by atoms with van der Waals surface area (Å²) in [6.07, 6.45) is 0.906.